The van der Waals surface area contributed by atoms with Crippen LogP contribution in [0.2, 0.25) is 0 Å². The maximum atomic E-state index is 11.8. The molecule has 2 aliphatic heterocycles. The molecule has 2 N–H and O–H groups in total. The predicted octanol–water partition coefficient (Wildman–Crippen LogP) is 2.29. The minimum absolute atomic E-state index is 0. The third kappa shape index (κ3) is 7.58. The molecule has 2 saturated heterocycles. The van der Waals surface area contributed by atoms with Gasteiger partial charge in [-0.3, -0.25) is 9.79 Å². The predicted molar refractivity (Wildman–Crippen MR) is 119 cm³/mol. The van der Waals surface area contributed by atoms with Crippen LogP contribution in [0.5, 0.6) is 0 Å². The molecule has 2 heterocycles. The van der Waals surface area contributed by atoms with Gasteiger partial charge in [0.2, 0.25) is 5.91 Å². The Morgan fingerprint density at radius 3 is 2.46 bits per heavy atom. The van der Waals surface area contributed by atoms with Crippen molar-refractivity contribution in [1.82, 2.24) is 20.4 Å². The summed E-state index contributed by atoms with van der Waals surface area (Å²) in [6.45, 7) is 13.3. The molecule has 2 rings (SSSR count). The van der Waals surface area contributed by atoms with Crippen molar-refractivity contribution in [2.24, 2.45) is 10.9 Å². The minimum atomic E-state index is 0. The van der Waals surface area contributed by atoms with Gasteiger partial charge in [0.25, 0.3) is 0 Å². The number of nitrogens with zero attached hydrogens (tertiary/aromatic N) is 3. The van der Waals surface area contributed by atoms with Crippen molar-refractivity contribution in [3.8, 4) is 0 Å². The largest absolute Gasteiger partial charge is 0.357 e. The van der Waals surface area contributed by atoms with Gasteiger partial charge in [-0.05, 0) is 58.2 Å². The lowest BCUT2D eigenvalue weighted by Gasteiger charge is -2.30. The van der Waals surface area contributed by atoms with E-state index in [-0.39, 0.29) is 29.9 Å². The molecule has 0 aromatic rings. The zero-order valence-electron chi connectivity index (χ0n) is 16.8. The SMILES string of the molecule is CCNC(=NCCC1CCN(CC)CC1)NC1CCN(C(=O)CC)C1.I. The summed E-state index contributed by atoms with van der Waals surface area (Å²) >= 11 is 0. The average molecular weight is 479 g/mol. The van der Waals surface area contributed by atoms with E-state index >= 15 is 0 Å². The van der Waals surface area contributed by atoms with E-state index in [2.05, 4.69) is 29.4 Å². The molecule has 0 aliphatic carbocycles. The van der Waals surface area contributed by atoms with E-state index in [0.717, 1.165) is 44.5 Å². The Hall–Kier alpha value is -0.570. The molecule has 2 fully saturated rings. The maximum absolute atomic E-state index is 11.8. The van der Waals surface area contributed by atoms with E-state index in [1.165, 1.54) is 38.9 Å². The second-order valence-corrected chi connectivity index (χ2v) is 7.25. The molecular weight excluding hydrogens is 441 g/mol. The molecule has 152 valence electrons. The van der Waals surface area contributed by atoms with Crippen LogP contribution in [0.15, 0.2) is 4.99 Å². The van der Waals surface area contributed by atoms with Crippen molar-refractivity contribution in [3.05, 3.63) is 0 Å². The van der Waals surface area contributed by atoms with Gasteiger partial charge < -0.3 is 20.4 Å². The van der Waals surface area contributed by atoms with Gasteiger partial charge in [-0.1, -0.05) is 13.8 Å². The summed E-state index contributed by atoms with van der Waals surface area (Å²) in [4.78, 5) is 21.1. The fourth-order valence-corrected chi connectivity index (χ4v) is 3.79. The molecule has 26 heavy (non-hydrogen) atoms. The highest BCUT2D eigenvalue weighted by atomic mass is 127. The summed E-state index contributed by atoms with van der Waals surface area (Å²) in [5, 5.41) is 6.87. The molecule has 0 aromatic carbocycles. The van der Waals surface area contributed by atoms with Crippen LogP contribution >= 0.6 is 24.0 Å². The van der Waals surface area contributed by atoms with Gasteiger partial charge >= 0.3 is 0 Å². The van der Waals surface area contributed by atoms with Gasteiger partial charge in [-0.15, -0.1) is 24.0 Å². The standard InChI is InChI=1S/C19H37N5O.HI/c1-4-18(25)24-14-10-17(15-24)22-19(20-5-2)21-11-7-16-8-12-23(6-3)13-9-16;/h16-17H,4-15H2,1-3H3,(H2,20,21,22);1H. The Labute approximate surface area is 176 Å². The molecule has 0 aromatic heterocycles. The first-order chi connectivity index (χ1) is 12.2. The van der Waals surface area contributed by atoms with Crippen LogP contribution in [0.1, 0.15) is 52.9 Å². The molecule has 7 heteroatoms. The topological polar surface area (TPSA) is 60.0 Å². The first kappa shape index (κ1) is 23.5. The van der Waals surface area contributed by atoms with Crippen LogP contribution in [0.4, 0.5) is 0 Å². The van der Waals surface area contributed by atoms with Crippen LogP contribution in [-0.2, 0) is 4.79 Å². The van der Waals surface area contributed by atoms with Gasteiger partial charge in [0.1, 0.15) is 0 Å². The minimum Gasteiger partial charge on any atom is -0.357 e. The number of amides is 1. The molecule has 6 nitrogen and oxygen atoms in total. The van der Waals surface area contributed by atoms with Crippen molar-refractivity contribution in [3.63, 3.8) is 0 Å². The Morgan fingerprint density at radius 1 is 1.12 bits per heavy atom. The van der Waals surface area contributed by atoms with E-state index in [9.17, 15) is 4.79 Å². The zero-order valence-corrected chi connectivity index (χ0v) is 19.1. The smallest absolute Gasteiger partial charge is 0.222 e. The fourth-order valence-electron chi connectivity index (χ4n) is 3.79. The Morgan fingerprint density at radius 2 is 1.85 bits per heavy atom. The van der Waals surface area contributed by atoms with Gasteiger partial charge in [0.15, 0.2) is 5.96 Å². The highest BCUT2D eigenvalue weighted by Gasteiger charge is 2.25. The summed E-state index contributed by atoms with van der Waals surface area (Å²) in [5.41, 5.74) is 0. The Bertz CT molecular complexity index is 438. The van der Waals surface area contributed by atoms with E-state index in [1.807, 2.05) is 11.8 Å². The molecule has 1 unspecified atom stereocenters. The molecule has 1 amide bonds. The van der Waals surface area contributed by atoms with E-state index in [0.29, 0.717) is 12.5 Å². The highest BCUT2D eigenvalue weighted by Crippen LogP contribution is 2.20. The number of carbonyl (C=O) groups excluding carboxylic acids is 1. The van der Waals surface area contributed by atoms with Crippen molar-refractivity contribution >= 4 is 35.8 Å². The molecule has 0 radical (unpaired) electrons. The Balaban J connectivity index is 0.00000338. The average Bonchev–Trinajstić information content (AvgIpc) is 3.10. The van der Waals surface area contributed by atoms with Crippen molar-refractivity contribution in [2.45, 2.75) is 58.9 Å². The van der Waals surface area contributed by atoms with Crippen molar-refractivity contribution < 1.29 is 4.79 Å². The fraction of sp³-hybridized carbons (Fsp3) is 0.895. The number of guanidine groups is 1. The quantitative estimate of drug-likeness (QED) is 0.334. The van der Waals surface area contributed by atoms with Crippen LogP contribution in [-0.4, -0.2) is 73.5 Å². The highest BCUT2D eigenvalue weighted by molar-refractivity contribution is 14.0. The molecular formula is C19H38IN5O. The van der Waals surface area contributed by atoms with Gasteiger partial charge in [0.05, 0.1) is 0 Å². The summed E-state index contributed by atoms with van der Waals surface area (Å²) in [6.07, 6.45) is 5.40. The number of halogens is 1. The van der Waals surface area contributed by atoms with Gasteiger partial charge in [-0.2, -0.15) is 0 Å². The number of rotatable bonds is 7. The van der Waals surface area contributed by atoms with Crippen LogP contribution in [0.3, 0.4) is 0 Å². The number of likely N-dealkylation sites (tertiary alicyclic amines) is 2. The lowest BCUT2D eigenvalue weighted by Crippen LogP contribution is -2.45. The second kappa shape index (κ2) is 12.8. The molecule has 0 bridgehead atoms. The van der Waals surface area contributed by atoms with E-state index < -0.39 is 0 Å². The van der Waals surface area contributed by atoms with Crippen LogP contribution in [0, 0.1) is 5.92 Å². The lowest BCUT2D eigenvalue weighted by molar-refractivity contribution is -0.129. The number of carbonyl (C=O) groups is 1. The van der Waals surface area contributed by atoms with E-state index in [1.54, 1.807) is 0 Å². The summed E-state index contributed by atoms with van der Waals surface area (Å²) in [7, 11) is 0. The summed E-state index contributed by atoms with van der Waals surface area (Å²) in [5.74, 6) is 1.98. The monoisotopic (exact) mass is 479 g/mol. The summed E-state index contributed by atoms with van der Waals surface area (Å²) < 4.78 is 0. The number of hydrogen-bond acceptors (Lipinski definition) is 3. The third-order valence-electron chi connectivity index (χ3n) is 5.49. The van der Waals surface area contributed by atoms with Crippen LogP contribution < -0.4 is 10.6 Å². The number of nitrogens with one attached hydrogen (secondary N) is 2. The second-order valence-electron chi connectivity index (χ2n) is 7.25. The number of aliphatic imine (C=N–C) groups is 1. The number of piperidine rings is 1. The maximum Gasteiger partial charge on any atom is 0.222 e. The van der Waals surface area contributed by atoms with Crippen molar-refractivity contribution in [1.29, 1.82) is 0 Å². The Kier molecular flexibility index (Phi) is 11.5. The molecule has 2 aliphatic rings. The zero-order chi connectivity index (χ0) is 18.1. The summed E-state index contributed by atoms with van der Waals surface area (Å²) in [6, 6.07) is 0.320. The van der Waals surface area contributed by atoms with Crippen molar-refractivity contribution in [2.75, 3.05) is 45.8 Å². The first-order valence-corrected chi connectivity index (χ1v) is 10.2. The first-order valence-electron chi connectivity index (χ1n) is 10.2. The van der Waals surface area contributed by atoms with Gasteiger partial charge in [-0.25, -0.2) is 0 Å². The van der Waals surface area contributed by atoms with E-state index in [4.69, 9.17) is 4.99 Å². The normalized spacial score (nSPS) is 22.2. The molecule has 1 atom stereocenters. The lowest BCUT2D eigenvalue weighted by atomic mass is 9.94. The number of hydrogen-bond donors (Lipinski definition) is 2. The third-order valence-corrected chi connectivity index (χ3v) is 5.49. The van der Waals surface area contributed by atoms with Gasteiger partial charge in [0, 0.05) is 38.6 Å². The van der Waals surface area contributed by atoms with Crippen LogP contribution in [0.25, 0.3) is 0 Å². The molecule has 0 spiro atoms. The molecule has 0 saturated carbocycles.